The van der Waals surface area contributed by atoms with Crippen LogP contribution in [0.4, 0.5) is 0 Å². The molecule has 2 aromatic heterocycles. The number of nitrogens with zero attached hydrogens (tertiary/aromatic N) is 4. The molecule has 2 aromatic rings. The molecule has 5 heteroatoms. The van der Waals surface area contributed by atoms with Crippen molar-refractivity contribution in [3.05, 3.63) is 41.0 Å². The van der Waals surface area contributed by atoms with Gasteiger partial charge >= 0.3 is 0 Å². The van der Waals surface area contributed by atoms with Crippen molar-refractivity contribution in [1.29, 1.82) is 0 Å². The summed E-state index contributed by atoms with van der Waals surface area (Å²) in [5.74, 6) is -0.0681. The molecular weight excluding hydrogens is 228 g/mol. The van der Waals surface area contributed by atoms with Crippen LogP contribution in [0, 0.1) is 13.8 Å². The van der Waals surface area contributed by atoms with Gasteiger partial charge in [0.2, 0.25) is 5.78 Å². The molecular formula is C13H16N4O. The Balaban J connectivity index is 2.19. The van der Waals surface area contributed by atoms with Gasteiger partial charge in [-0.25, -0.2) is 0 Å². The third kappa shape index (κ3) is 2.40. The van der Waals surface area contributed by atoms with Gasteiger partial charge in [-0.15, -0.1) is 0 Å². The van der Waals surface area contributed by atoms with E-state index in [0.29, 0.717) is 5.69 Å². The zero-order valence-electron chi connectivity index (χ0n) is 11.0. The van der Waals surface area contributed by atoms with E-state index in [9.17, 15) is 4.79 Å². The predicted molar refractivity (Wildman–Crippen MR) is 69.3 cm³/mol. The highest BCUT2D eigenvalue weighted by molar-refractivity contribution is 6.05. The molecule has 0 spiro atoms. The number of hydrogen-bond donors (Lipinski definition) is 0. The minimum Gasteiger partial charge on any atom is -0.288 e. The highest BCUT2D eigenvalue weighted by atomic mass is 16.1. The average Bonchev–Trinajstić information content (AvgIpc) is 2.79. The molecule has 0 fully saturated rings. The summed E-state index contributed by atoms with van der Waals surface area (Å²) in [6.45, 7) is 3.83. The Morgan fingerprint density at radius 1 is 1.17 bits per heavy atom. The van der Waals surface area contributed by atoms with E-state index in [2.05, 4.69) is 10.2 Å². The Bertz CT molecular complexity index is 599. The van der Waals surface area contributed by atoms with Crippen LogP contribution < -0.4 is 0 Å². The van der Waals surface area contributed by atoms with Crippen molar-refractivity contribution in [2.75, 3.05) is 0 Å². The third-order valence-electron chi connectivity index (χ3n) is 2.79. The fourth-order valence-electron chi connectivity index (χ4n) is 1.76. The van der Waals surface area contributed by atoms with Gasteiger partial charge in [-0.2, -0.15) is 10.2 Å². The molecule has 0 saturated heterocycles. The van der Waals surface area contributed by atoms with Crippen LogP contribution in [0.3, 0.4) is 0 Å². The van der Waals surface area contributed by atoms with E-state index in [1.165, 1.54) is 6.08 Å². The summed E-state index contributed by atoms with van der Waals surface area (Å²) < 4.78 is 3.37. The highest BCUT2D eigenvalue weighted by Gasteiger charge is 2.08. The first-order chi connectivity index (χ1) is 8.47. The molecule has 94 valence electrons. The first-order valence-electron chi connectivity index (χ1n) is 5.71. The number of hydrogen-bond acceptors (Lipinski definition) is 3. The van der Waals surface area contributed by atoms with Crippen molar-refractivity contribution < 1.29 is 4.79 Å². The number of carbonyl (C=O) groups excluding carboxylic acids is 1. The van der Waals surface area contributed by atoms with Crippen LogP contribution >= 0.6 is 0 Å². The monoisotopic (exact) mass is 244 g/mol. The third-order valence-corrected chi connectivity index (χ3v) is 2.79. The summed E-state index contributed by atoms with van der Waals surface area (Å²) in [6.07, 6.45) is 3.25. The van der Waals surface area contributed by atoms with Crippen molar-refractivity contribution in [2.45, 2.75) is 13.8 Å². The molecule has 2 heterocycles. The number of carbonyl (C=O) groups is 1. The van der Waals surface area contributed by atoms with E-state index in [1.807, 2.05) is 27.0 Å². The maximum Gasteiger partial charge on any atom is 0.203 e. The molecule has 0 aliphatic heterocycles. The van der Waals surface area contributed by atoms with Gasteiger partial charge in [0.25, 0.3) is 0 Å². The lowest BCUT2D eigenvalue weighted by Gasteiger charge is -1.94. The second kappa shape index (κ2) is 4.60. The molecule has 0 N–H and O–H groups in total. The Morgan fingerprint density at radius 2 is 1.89 bits per heavy atom. The van der Waals surface area contributed by atoms with Crippen molar-refractivity contribution in [1.82, 2.24) is 19.6 Å². The molecule has 5 nitrogen and oxygen atoms in total. The quantitative estimate of drug-likeness (QED) is 0.609. The van der Waals surface area contributed by atoms with Crippen molar-refractivity contribution in [3.63, 3.8) is 0 Å². The normalized spacial score (nSPS) is 11.3. The van der Waals surface area contributed by atoms with Crippen molar-refractivity contribution in [3.8, 4) is 0 Å². The van der Waals surface area contributed by atoms with Gasteiger partial charge in [-0.05, 0) is 38.1 Å². The van der Waals surface area contributed by atoms with Gasteiger partial charge in [-0.3, -0.25) is 14.2 Å². The highest BCUT2D eigenvalue weighted by Crippen LogP contribution is 2.07. The van der Waals surface area contributed by atoms with Gasteiger partial charge < -0.3 is 0 Å². The molecule has 18 heavy (non-hydrogen) atoms. The van der Waals surface area contributed by atoms with Crippen LogP contribution in [0.1, 0.15) is 27.6 Å². The van der Waals surface area contributed by atoms with Gasteiger partial charge in [0.15, 0.2) is 0 Å². The lowest BCUT2D eigenvalue weighted by atomic mass is 10.2. The largest absolute Gasteiger partial charge is 0.288 e. The first-order valence-corrected chi connectivity index (χ1v) is 5.71. The van der Waals surface area contributed by atoms with Crippen LogP contribution in [0.2, 0.25) is 0 Å². The minimum absolute atomic E-state index is 0.0681. The van der Waals surface area contributed by atoms with Crippen LogP contribution in [0.15, 0.2) is 18.2 Å². The van der Waals surface area contributed by atoms with Crippen LogP contribution in [-0.2, 0) is 14.1 Å². The minimum atomic E-state index is -0.0681. The molecule has 0 bridgehead atoms. The Labute approximate surface area is 106 Å². The predicted octanol–water partition coefficient (Wildman–Crippen LogP) is 1.67. The number of aromatic nitrogens is 4. The zero-order valence-corrected chi connectivity index (χ0v) is 11.0. The van der Waals surface area contributed by atoms with Crippen molar-refractivity contribution >= 4 is 11.9 Å². The second-order valence-electron chi connectivity index (χ2n) is 4.33. The second-order valence-corrected chi connectivity index (χ2v) is 4.33. The Morgan fingerprint density at radius 3 is 2.39 bits per heavy atom. The molecule has 0 radical (unpaired) electrons. The van der Waals surface area contributed by atoms with E-state index in [-0.39, 0.29) is 5.78 Å². The summed E-state index contributed by atoms with van der Waals surface area (Å²) in [7, 11) is 3.64. The van der Waals surface area contributed by atoms with Crippen LogP contribution in [0.5, 0.6) is 0 Å². The van der Waals surface area contributed by atoms with Crippen LogP contribution in [0.25, 0.3) is 6.08 Å². The molecule has 0 unspecified atom stereocenters. The summed E-state index contributed by atoms with van der Waals surface area (Å²) in [5.41, 5.74) is 3.25. The fourth-order valence-corrected chi connectivity index (χ4v) is 1.76. The van der Waals surface area contributed by atoms with Gasteiger partial charge in [-0.1, -0.05) is 0 Å². The number of rotatable bonds is 3. The summed E-state index contributed by atoms with van der Waals surface area (Å²) in [4.78, 5) is 12.0. The van der Waals surface area contributed by atoms with Crippen LogP contribution in [-0.4, -0.2) is 25.3 Å². The molecule has 2 rings (SSSR count). The maximum absolute atomic E-state index is 12.0. The van der Waals surface area contributed by atoms with Gasteiger partial charge in [0.1, 0.15) is 5.69 Å². The summed E-state index contributed by atoms with van der Waals surface area (Å²) in [5, 5.41) is 8.41. The first kappa shape index (κ1) is 12.3. The lowest BCUT2D eigenvalue weighted by Crippen LogP contribution is -2.03. The average molecular weight is 244 g/mol. The molecule has 0 aromatic carbocycles. The summed E-state index contributed by atoms with van der Waals surface area (Å²) in [6, 6.07) is 3.70. The lowest BCUT2D eigenvalue weighted by molar-refractivity contribution is 0.103. The Hall–Kier alpha value is -2.17. The zero-order chi connectivity index (χ0) is 13.3. The standard InChI is InChI=1S/C13H16N4O/c1-9-7-12(17(4)14-9)13(18)6-5-11-8-10(2)16(3)15-11/h5-8H,1-4H3/b6-5+. The maximum atomic E-state index is 12.0. The van der Waals surface area contributed by atoms with E-state index < -0.39 is 0 Å². The van der Waals surface area contributed by atoms with E-state index in [4.69, 9.17) is 0 Å². The number of aryl methyl sites for hydroxylation is 4. The van der Waals surface area contributed by atoms with Crippen molar-refractivity contribution in [2.24, 2.45) is 14.1 Å². The van der Waals surface area contributed by atoms with E-state index in [0.717, 1.165) is 17.1 Å². The molecule has 0 aliphatic carbocycles. The Kier molecular flexibility index (Phi) is 3.14. The number of allylic oxidation sites excluding steroid dienone is 1. The van der Waals surface area contributed by atoms with E-state index in [1.54, 1.807) is 28.6 Å². The molecule has 0 saturated carbocycles. The molecule has 0 atom stereocenters. The van der Waals surface area contributed by atoms with E-state index >= 15 is 0 Å². The SMILES string of the molecule is Cc1cc(C(=O)/C=C/c2cc(C)n(C)n2)n(C)n1. The molecule has 0 amide bonds. The molecule has 0 aliphatic rings. The smallest absolute Gasteiger partial charge is 0.203 e. The van der Waals surface area contributed by atoms with Gasteiger partial charge in [0, 0.05) is 19.8 Å². The fraction of sp³-hybridized carbons (Fsp3) is 0.308. The van der Waals surface area contributed by atoms with Gasteiger partial charge in [0.05, 0.1) is 11.4 Å². The number of ketones is 1. The summed E-state index contributed by atoms with van der Waals surface area (Å²) >= 11 is 0. The topological polar surface area (TPSA) is 52.7 Å².